The third-order valence-electron chi connectivity index (χ3n) is 6.22. The van der Waals surface area contributed by atoms with Gasteiger partial charge in [-0.2, -0.15) is 0 Å². The predicted molar refractivity (Wildman–Crippen MR) is 133 cm³/mol. The number of nitrogens with one attached hydrogen (secondary N) is 1. The molecule has 1 saturated heterocycles. The van der Waals surface area contributed by atoms with Crippen LogP contribution in [0.25, 0.3) is 17.0 Å². The quantitative estimate of drug-likeness (QED) is 0.436. The lowest BCUT2D eigenvalue weighted by Gasteiger charge is -2.36. The number of hydrogen-bond acceptors (Lipinski definition) is 8. The first-order valence-electron chi connectivity index (χ1n) is 11.5. The average molecular weight is 460 g/mol. The number of nitrogens with zero attached hydrogens (tertiary/aromatic N) is 6. The third-order valence-corrected chi connectivity index (χ3v) is 6.22. The molecule has 1 aliphatic rings. The Morgan fingerprint density at radius 3 is 2.71 bits per heavy atom. The molecule has 4 aromatic rings. The van der Waals surface area contributed by atoms with Crippen LogP contribution >= 0.6 is 0 Å². The molecule has 0 atom stereocenters. The Labute approximate surface area is 198 Å². The summed E-state index contributed by atoms with van der Waals surface area (Å²) in [7, 11) is 1.67. The topological polar surface area (TPSA) is 91.0 Å². The molecule has 2 N–H and O–H groups in total. The summed E-state index contributed by atoms with van der Waals surface area (Å²) in [5, 5.41) is 12.5. The summed E-state index contributed by atoms with van der Waals surface area (Å²) < 4.78 is 7.71. The largest absolute Gasteiger partial charge is 0.494 e. The summed E-state index contributed by atoms with van der Waals surface area (Å²) in [4.78, 5) is 18.4. The summed E-state index contributed by atoms with van der Waals surface area (Å²) in [5.41, 5.74) is 5.51. The van der Waals surface area contributed by atoms with Crippen LogP contribution in [0.4, 0.5) is 17.3 Å². The minimum Gasteiger partial charge on any atom is -0.494 e. The van der Waals surface area contributed by atoms with Crippen molar-refractivity contribution in [2.24, 2.45) is 0 Å². The second-order valence-electron chi connectivity index (χ2n) is 8.36. The number of methoxy groups -OCH3 is 1. The first-order chi connectivity index (χ1) is 16.7. The number of ether oxygens (including phenoxy) is 1. The van der Waals surface area contributed by atoms with Gasteiger partial charge in [-0.15, -0.1) is 0 Å². The van der Waals surface area contributed by atoms with Crippen molar-refractivity contribution >= 4 is 23.0 Å². The molecular formula is C25H29N7O2. The highest BCUT2D eigenvalue weighted by molar-refractivity contribution is 5.70. The molecule has 1 aromatic carbocycles. The van der Waals surface area contributed by atoms with Gasteiger partial charge in [0.25, 0.3) is 0 Å². The number of imidazole rings is 1. The number of rotatable bonds is 7. The van der Waals surface area contributed by atoms with E-state index in [4.69, 9.17) is 14.8 Å². The van der Waals surface area contributed by atoms with Crippen molar-refractivity contribution in [3.8, 4) is 17.1 Å². The van der Waals surface area contributed by atoms with Gasteiger partial charge in [-0.05, 0) is 36.8 Å². The molecule has 34 heavy (non-hydrogen) atoms. The lowest BCUT2D eigenvalue weighted by Crippen LogP contribution is -2.47. The van der Waals surface area contributed by atoms with E-state index >= 15 is 0 Å². The van der Waals surface area contributed by atoms with Crippen molar-refractivity contribution in [2.45, 2.75) is 6.92 Å². The number of anilines is 3. The average Bonchev–Trinajstić information content (AvgIpc) is 3.30. The van der Waals surface area contributed by atoms with E-state index in [1.807, 2.05) is 60.2 Å². The van der Waals surface area contributed by atoms with Gasteiger partial charge in [0.2, 0.25) is 5.95 Å². The Kier molecular flexibility index (Phi) is 6.29. The smallest absolute Gasteiger partial charge is 0.227 e. The molecule has 176 valence electrons. The zero-order chi connectivity index (χ0) is 23.5. The summed E-state index contributed by atoms with van der Waals surface area (Å²) in [6.45, 7) is 6.64. The molecule has 1 aliphatic heterocycles. The number of benzene rings is 1. The van der Waals surface area contributed by atoms with Crippen LogP contribution < -0.4 is 15.0 Å². The Morgan fingerprint density at radius 1 is 1.06 bits per heavy atom. The monoisotopic (exact) mass is 459 g/mol. The molecular weight excluding hydrogens is 430 g/mol. The van der Waals surface area contributed by atoms with Gasteiger partial charge in [0.05, 0.1) is 37.0 Å². The SMILES string of the molecule is COc1cc(N2CCN(CCO)CC2)ccc1Nc1ncc(C)c(-c2cnc3ccccn23)n1. The highest BCUT2D eigenvalue weighted by atomic mass is 16.5. The molecule has 0 unspecified atom stereocenters. The van der Waals surface area contributed by atoms with Crippen LogP contribution in [0.3, 0.4) is 0 Å². The van der Waals surface area contributed by atoms with Crippen LogP contribution in [0.15, 0.2) is 55.0 Å². The molecule has 4 heterocycles. The molecule has 3 aromatic heterocycles. The second kappa shape index (κ2) is 9.66. The molecule has 0 saturated carbocycles. The van der Waals surface area contributed by atoms with Gasteiger partial charge in [0.1, 0.15) is 11.4 Å². The van der Waals surface area contributed by atoms with E-state index in [2.05, 4.69) is 31.2 Å². The maximum absolute atomic E-state index is 9.16. The van der Waals surface area contributed by atoms with Crippen molar-refractivity contribution in [1.29, 1.82) is 0 Å². The standard InChI is InChI=1S/C25H29N7O2/c1-18-16-27-25(29-24(18)21-17-26-23-5-3-4-8-32(21)23)28-20-7-6-19(15-22(20)34-2)31-11-9-30(10-12-31)13-14-33/h3-8,15-17,33H,9-14H2,1-2H3,(H,27,28,29). The van der Waals surface area contributed by atoms with Gasteiger partial charge < -0.3 is 20.1 Å². The lowest BCUT2D eigenvalue weighted by atomic mass is 10.2. The van der Waals surface area contributed by atoms with E-state index in [0.29, 0.717) is 5.95 Å². The van der Waals surface area contributed by atoms with Gasteiger partial charge in [-0.3, -0.25) is 9.30 Å². The Bertz CT molecular complexity index is 1280. The number of aliphatic hydroxyl groups is 1. The predicted octanol–water partition coefficient (Wildman–Crippen LogP) is 2.97. The number of aromatic nitrogens is 4. The molecule has 0 radical (unpaired) electrons. The number of piperazine rings is 1. The molecule has 9 nitrogen and oxygen atoms in total. The van der Waals surface area contributed by atoms with Gasteiger partial charge in [-0.25, -0.2) is 15.0 Å². The second-order valence-corrected chi connectivity index (χ2v) is 8.36. The number of aryl methyl sites for hydroxylation is 1. The van der Waals surface area contributed by atoms with E-state index in [-0.39, 0.29) is 6.61 Å². The first kappa shape index (κ1) is 22.1. The Morgan fingerprint density at radius 2 is 1.91 bits per heavy atom. The molecule has 0 aliphatic carbocycles. The maximum atomic E-state index is 9.16. The Balaban J connectivity index is 1.38. The van der Waals surface area contributed by atoms with Gasteiger partial charge in [-0.1, -0.05) is 6.07 Å². The fourth-order valence-corrected chi connectivity index (χ4v) is 4.34. The van der Waals surface area contributed by atoms with E-state index in [0.717, 1.165) is 72.4 Å². The number of β-amino-alcohol motifs (C(OH)–C–C–N with tert-alkyl or cyclic N) is 1. The first-order valence-corrected chi connectivity index (χ1v) is 11.5. The number of fused-ring (bicyclic) bond motifs is 1. The van der Waals surface area contributed by atoms with Crippen LogP contribution in [-0.4, -0.2) is 75.8 Å². The van der Waals surface area contributed by atoms with Gasteiger partial charge in [0.15, 0.2) is 0 Å². The van der Waals surface area contributed by atoms with Gasteiger partial charge in [0, 0.05) is 56.9 Å². The van der Waals surface area contributed by atoms with E-state index in [9.17, 15) is 0 Å². The van der Waals surface area contributed by atoms with E-state index in [1.165, 1.54) is 0 Å². The summed E-state index contributed by atoms with van der Waals surface area (Å²) in [6, 6.07) is 12.1. The van der Waals surface area contributed by atoms with Crippen LogP contribution in [0.5, 0.6) is 5.75 Å². The van der Waals surface area contributed by atoms with E-state index < -0.39 is 0 Å². The minimum atomic E-state index is 0.203. The van der Waals surface area contributed by atoms with Crippen molar-refractivity contribution in [3.63, 3.8) is 0 Å². The van der Waals surface area contributed by atoms with E-state index in [1.54, 1.807) is 7.11 Å². The van der Waals surface area contributed by atoms with Crippen molar-refractivity contribution in [1.82, 2.24) is 24.3 Å². The zero-order valence-corrected chi connectivity index (χ0v) is 19.5. The molecule has 9 heteroatoms. The van der Waals surface area contributed by atoms with Crippen molar-refractivity contribution < 1.29 is 9.84 Å². The maximum Gasteiger partial charge on any atom is 0.227 e. The number of pyridine rings is 1. The summed E-state index contributed by atoms with van der Waals surface area (Å²) >= 11 is 0. The van der Waals surface area contributed by atoms with Crippen molar-refractivity contribution in [2.75, 3.05) is 56.7 Å². The third kappa shape index (κ3) is 4.40. The van der Waals surface area contributed by atoms with Crippen LogP contribution in [0, 0.1) is 6.92 Å². The highest BCUT2D eigenvalue weighted by Gasteiger charge is 2.18. The molecule has 0 spiro atoms. The zero-order valence-electron chi connectivity index (χ0n) is 19.5. The molecule has 5 rings (SSSR count). The van der Waals surface area contributed by atoms with Crippen LogP contribution in [0.1, 0.15) is 5.56 Å². The minimum absolute atomic E-state index is 0.203. The Hall–Kier alpha value is -3.69. The summed E-state index contributed by atoms with van der Waals surface area (Å²) in [6.07, 6.45) is 5.64. The number of hydrogen-bond donors (Lipinski definition) is 2. The molecule has 0 amide bonds. The molecule has 1 fully saturated rings. The van der Waals surface area contributed by atoms with Gasteiger partial charge >= 0.3 is 0 Å². The fraction of sp³-hybridized carbons (Fsp3) is 0.320. The summed E-state index contributed by atoms with van der Waals surface area (Å²) in [5.74, 6) is 1.23. The highest BCUT2D eigenvalue weighted by Crippen LogP contribution is 2.32. The molecule has 0 bridgehead atoms. The fourth-order valence-electron chi connectivity index (χ4n) is 4.34. The van der Waals surface area contributed by atoms with Crippen LogP contribution in [-0.2, 0) is 0 Å². The lowest BCUT2D eigenvalue weighted by molar-refractivity contribution is 0.189. The normalized spacial score (nSPS) is 14.5. The number of aliphatic hydroxyl groups excluding tert-OH is 1. The van der Waals surface area contributed by atoms with Crippen molar-refractivity contribution in [3.05, 3.63) is 60.6 Å². The van der Waals surface area contributed by atoms with Crippen LogP contribution in [0.2, 0.25) is 0 Å².